The van der Waals surface area contributed by atoms with Crippen molar-refractivity contribution in [2.45, 2.75) is 33.1 Å². The molecule has 2 saturated heterocycles. The molecule has 1 amide bonds. The maximum Gasteiger partial charge on any atom is 0.228 e. The van der Waals surface area contributed by atoms with Gasteiger partial charge in [0.25, 0.3) is 0 Å². The lowest BCUT2D eigenvalue weighted by Gasteiger charge is -2.35. The highest BCUT2D eigenvalue weighted by Gasteiger charge is 2.26. The van der Waals surface area contributed by atoms with E-state index in [2.05, 4.69) is 28.7 Å². The lowest BCUT2D eigenvalue weighted by molar-refractivity contribution is -0.117. The second-order valence-electron chi connectivity index (χ2n) is 6.21. The van der Waals surface area contributed by atoms with E-state index >= 15 is 0 Å². The summed E-state index contributed by atoms with van der Waals surface area (Å²) in [5, 5.41) is 0. The third kappa shape index (κ3) is 3.46. The van der Waals surface area contributed by atoms with Gasteiger partial charge in [-0.2, -0.15) is 4.98 Å². The molecule has 116 valence electrons. The first kappa shape index (κ1) is 16.0. The van der Waals surface area contributed by atoms with Crippen molar-refractivity contribution in [3.05, 3.63) is 12.3 Å². The molecule has 21 heavy (non-hydrogen) atoms. The van der Waals surface area contributed by atoms with Gasteiger partial charge in [0.05, 0.1) is 0 Å². The van der Waals surface area contributed by atoms with Gasteiger partial charge < -0.3 is 4.90 Å². The Morgan fingerprint density at radius 1 is 1.24 bits per heavy atom. The van der Waals surface area contributed by atoms with Gasteiger partial charge in [0.1, 0.15) is 5.82 Å². The minimum Gasteiger partial charge on any atom is -0.340 e. The molecule has 2 aliphatic rings. The molecule has 0 radical (unpaired) electrons. The number of piperidine rings is 1. The van der Waals surface area contributed by atoms with Crippen LogP contribution in [0.1, 0.15) is 33.1 Å². The Morgan fingerprint density at radius 2 is 1.95 bits per heavy atom. The molecular formula is C15H23ClN4O. The Hall–Kier alpha value is -1.36. The van der Waals surface area contributed by atoms with Gasteiger partial charge in [0, 0.05) is 32.3 Å². The number of nitrogens with zero attached hydrogens (tertiary/aromatic N) is 4. The standard InChI is InChI=1S/C15H22N4O.ClH/c1-11-8-12(2)10-18(9-11)15-16-6-5-13(17-15)19-7-3-4-14(19)20;/h5-6,11-12H,3-4,7-10H2,1-2H3;1H. The van der Waals surface area contributed by atoms with Crippen LogP contribution in [0.5, 0.6) is 0 Å². The fourth-order valence-corrected chi connectivity index (χ4v) is 3.36. The molecule has 2 fully saturated rings. The van der Waals surface area contributed by atoms with Crippen molar-refractivity contribution in [1.82, 2.24) is 9.97 Å². The molecule has 0 spiro atoms. The summed E-state index contributed by atoms with van der Waals surface area (Å²) in [4.78, 5) is 24.9. The van der Waals surface area contributed by atoms with Crippen molar-refractivity contribution < 1.29 is 4.79 Å². The zero-order valence-electron chi connectivity index (χ0n) is 12.7. The monoisotopic (exact) mass is 310 g/mol. The average Bonchev–Trinajstić information content (AvgIpc) is 2.84. The number of hydrogen-bond acceptors (Lipinski definition) is 4. The number of amides is 1. The molecule has 3 rings (SSSR count). The molecule has 0 aliphatic carbocycles. The highest BCUT2D eigenvalue weighted by molar-refractivity contribution is 5.94. The normalized spacial score (nSPS) is 25.9. The van der Waals surface area contributed by atoms with Crippen LogP contribution in [-0.2, 0) is 4.79 Å². The number of anilines is 2. The second-order valence-corrected chi connectivity index (χ2v) is 6.21. The summed E-state index contributed by atoms with van der Waals surface area (Å²) in [6.07, 6.45) is 4.60. The number of aromatic nitrogens is 2. The predicted molar refractivity (Wildman–Crippen MR) is 86.0 cm³/mol. The van der Waals surface area contributed by atoms with Gasteiger partial charge in [-0.05, 0) is 30.7 Å². The Labute approximate surface area is 132 Å². The van der Waals surface area contributed by atoms with Crippen LogP contribution in [0, 0.1) is 11.8 Å². The molecule has 2 atom stereocenters. The van der Waals surface area contributed by atoms with Crippen LogP contribution in [0.15, 0.2) is 12.3 Å². The first-order chi connectivity index (χ1) is 9.63. The summed E-state index contributed by atoms with van der Waals surface area (Å²) in [5.41, 5.74) is 0. The third-order valence-corrected chi connectivity index (χ3v) is 4.13. The Balaban J connectivity index is 0.00000161. The van der Waals surface area contributed by atoms with Crippen molar-refractivity contribution >= 4 is 30.1 Å². The molecule has 6 heteroatoms. The molecule has 0 saturated carbocycles. The molecule has 0 aromatic carbocycles. The smallest absolute Gasteiger partial charge is 0.228 e. The van der Waals surface area contributed by atoms with Gasteiger partial charge in [0.2, 0.25) is 11.9 Å². The number of hydrogen-bond donors (Lipinski definition) is 0. The first-order valence-electron chi connectivity index (χ1n) is 7.52. The van der Waals surface area contributed by atoms with E-state index in [0.717, 1.165) is 37.8 Å². The van der Waals surface area contributed by atoms with Crippen molar-refractivity contribution in [3.63, 3.8) is 0 Å². The highest BCUT2D eigenvalue weighted by atomic mass is 35.5. The van der Waals surface area contributed by atoms with Crippen molar-refractivity contribution in [2.24, 2.45) is 11.8 Å². The van der Waals surface area contributed by atoms with Crippen molar-refractivity contribution in [1.29, 1.82) is 0 Å². The van der Waals surface area contributed by atoms with Gasteiger partial charge in [-0.1, -0.05) is 13.8 Å². The van der Waals surface area contributed by atoms with Crippen molar-refractivity contribution in [3.8, 4) is 0 Å². The number of carbonyl (C=O) groups is 1. The summed E-state index contributed by atoms with van der Waals surface area (Å²) < 4.78 is 0. The lowest BCUT2D eigenvalue weighted by atomic mass is 9.92. The molecule has 1 aromatic heterocycles. The SMILES string of the molecule is CC1CC(C)CN(c2nccc(N3CCCC3=O)n2)C1.Cl. The van der Waals surface area contributed by atoms with E-state index in [1.54, 1.807) is 11.1 Å². The van der Waals surface area contributed by atoms with E-state index in [1.807, 2.05) is 6.07 Å². The van der Waals surface area contributed by atoms with Crippen LogP contribution >= 0.6 is 12.4 Å². The van der Waals surface area contributed by atoms with E-state index in [4.69, 9.17) is 0 Å². The summed E-state index contributed by atoms with van der Waals surface area (Å²) >= 11 is 0. The van der Waals surface area contributed by atoms with Crippen LogP contribution < -0.4 is 9.80 Å². The van der Waals surface area contributed by atoms with E-state index in [1.165, 1.54) is 6.42 Å². The zero-order valence-corrected chi connectivity index (χ0v) is 13.5. The fraction of sp³-hybridized carbons (Fsp3) is 0.667. The Bertz CT molecular complexity index is 500. The lowest BCUT2D eigenvalue weighted by Crippen LogP contribution is -2.40. The van der Waals surface area contributed by atoms with Crippen LogP contribution in [0.25, 0.3) is 0 Å². The summed E-state index contributed by atoms with van der Waals surface area (Å²) in [5.74, 6) is 3.03. The maximum atomic E-state index is 11.8. The quantitative estimate of drug-likeness (QED) is 0.842. The third-order valence-electron chi connectivity index (χ3n) is 4.13. The molecule has 0 bridgehead atoms. The highest BCUT2D eigenvalue weighted by Crippen LogP contribution is 2.26. The summed E-state index contributed by atoms with van der Waals surface area (Å²) in [6.45, 7) is 7.33. The topological polar surface area (TPSA) is 49.3 Å². The summed E-state index contributed by atoms with van der Waals surface area (Å²) in [7, 11) is 0. The van der Waals surface area contributed by atoms with Crippen LogP contribution in [0.4, 0.5) is 11.8 Å². The van der Waals surface area contributed by atoms with Gasteiger partial charge in [-0.15, -0.1) is 12.4 Å². The Morgan fingerprint density at radius 3 is 2.57 bits per heavy atom. The van der Waals surface area contributed by atoms with Crippen molar-refractivity contribution in [2.75, 3.05) is 29.4 Å². The molecule has 0 N–H and O–H groups in total. The van der Waals surface area contributed by atoms with Gasteiger partial charge in [-0.25, -0.2) is 4.98 Å². The van der Waals surface area contributed by atoms with Gasteiger partial charge in [-0.3, -0.25) is 9.69 Å². The molecule has 2 unspecified atom stereocenters. The minimum atomic E-state index is 0. The largest absolute Gasteiger partial charge is 0.340 e. The van der Waals surface area contributed by atoms with E-state index in [-0.39, 0.29) is 18.3 Å². The molecule has 5 nitrogen and oxygen atoms in total. The van der Waals surface area contributed by atoms with Crippen LogP contribution in [-0.4, -0.2) is 35.5 Å². The summed E-state index contributed by atoms with van der Waals surface area (Å²) in [6, 6.07) is 1.84. The van der Waals surface area contributed by atoms with Crippen LogP contribution in [0.3, 0.4) is 0 Å². The number of carbonyl (C=O) groups excluding carboxylic acids is 1. The minimum absolute atomic E-state index is 0. The molecule has 2 aliphatic heterocycles. The predicted octanol–water partition coefficient (Wildman–Crippen LogP) is 2.51. The van der Waals surface area contributed by atoms with E-state index < -0.39 is 0 Å². The van der Waals surface area contributed by atoms with E-state index in [9.17, 15) is 4.79 Å². The maximum absolute atomic E-state index is 11.8. The molecule has 3 heterocycles. The zero-order chi connectivity index (χ0) is 14.1. The number of halogens is 1. The fourth-order valence-electron chi connectivity index (χ4n) is 3.36. The average molecular weight is 311 g/mol. The van der Waals surface area contributed by atoms with Gasteiger partial charge >= 0.3 is 0 Å². The molecular weight excluding hydrogens is 288 g/mol. The van der Waals surface area contributed by atoms with Gasteiger partial charge in [0.15, 0.2) is 0 Å². The number of rotatable bonds is 2. The second kappa shape index (κ2) is 6.60. The van der Waals surface area contributed by atoms with E-state index in [0.29, 0.717) is 18.3 Å². The first-order valence-corrected chi connectivity index (χ1v) is 7.52. The molecule has 1 aromatic rings. The Kier molecular flexibility index (Phi) is 5.04. The van der Waals surface area contributed by atoms with Crippen LogP contribution in [0.2, 0.25) is 0 Å².